The van der Waals surface area contributed by atoms with E-state index in [1.807, 2.05) is 60.7 Å². The molecule has 0 amide bonds. The molecule has 5 nitrogen and oxygen atoms in total. The summed E-state index contributed by atoms with van der Waals surface area (Å²) >= 11 is 0. The van der Waals surface area contributed by atoms with Gasteiger partial charge in [-0.15, -0.1) is 0 Å². The molecule has 0 aliphatic carbocycles. The van der Waals surface area contributed by atoms with Crippen LogP contribution >= 0.6 is 0 Å². The van der Waals surface area contributed by atoms with E-state index in [2.05, 4.69) is 0 Å². The van der Waals surface area contributed by atoms with E-state index in [0.717, 1.165) is 11.1 Å². The van der Waals surface area contributed by atoms with Crippen LogP contribution in [0.1, 0.15) is 28.4 Å². The number of ether oxygens (including phenoxy) is 4. The third kappa shape index (κ3) is 4.88. The van der Waals surface area contributed by atoms with Gasteiger partial charge in [0, 0.05) is 6.07 Å². The zero-order chi connectivity index (χ0) is 20.6. The van der Waals surface area contributed by atoms with Gasteiger partial charge in [0.15, 0.2) is 17.3 Å². The van der Waals surface area contributed by atoms with Gasteiger partial charge in [-0.25, -0.2) is 0 Å². The monoisotopic (exact) mass is 392 g/mol. The van der Waals surface area contributed by atoms with Crippen molar-refractivity contribution in [3.05, 3.63) is 83.4 Å². The molecule has 0 fully saturated rings. The predicted octanol–water partition coefficient (Wildman–Crippen LogP) is 5.06. The summed E-state index contributed by atoms with van der Waals surface area (Å²) in [6.07, 6.45) is 0. The third-order valence-electron chi connectivity index (χ3n) is 4.40. The average Bonchev–Trinajstić information content (AvgIpc) is 2.76. The summed E-state index contributed by atoms with van der Waals surface area (Å²) in [5, 5.41) is 0. The van der Waals surface area contributed by atoms with Crippen LogP contribution in [0, 0.1) is 0 Å². The number of Topliss-reactive ketones (excluding diaryl/α,β-unsaturated/α-hetero) is 1. The highest BCUT2D eigenvalue weighted by Crippen LogP contribution is 2.46. The Balaban J connectivity index is 1.98. The molecule has 0 spiro atoms. The lowest BCUT2D eigenvalue weighted by Crippen LogP contribution is -2.08. The van der Waals surface area contributed by atoms with Gasteiger partial charge < -0.3 is 18.9 Å². The molecule has 29 heavy (non-hydrogen) atoms. The molecule has 3 rings (SSSR count). The van der Waals surface area contributed by atoms with Gasteiger partial charge in [0.1, 0.15) is 24.5 Å². The molecular weight excluding hydrogens is 368 g/mol. The molecule has 0 heterocycles. The third-order valence-corrected chi connectivity index (χ3v) is 4.40. The van der Waals surface area contributed by atoms with Crippen molar-refractivity contribution < 1.29 is 23.7 Å². The Hall–Kier alpha value is -3.47. The Morgan fingerprint density at radius 1 is 0.724 bits per heavy atom. The van der Waals surface area contributed by atoms with Crippen LogP contribution in [0.25, 0.3) is 0 Å². The normalized spacial score (nSPS) is 10.3. The largest absolute Gasteiger partial charge is 0.496 e. The molecule has 0 aliphatic rings. The van der Waals surface area contributed by atoms with E-state index >= 15 is 0 Å². The molecule has 0 saturated carbocycles. The summed E-state index contributed by atoms with van der Waals surface area (Å²) in [5.41, 5.74) is 2.31. The quantitative estimate of drug-likeness (QED) is 0.476. The summed E-state index contributed by atoms with van der Waals surface area (Å²) in [7, 11) is 3.03. The summed E-state index contributed by atoms with van der Waals surface area (Å²) in [5.74, 6) is 1.32. The Bertz CT molecular complexity index is 952. The van der Waals surface area contributed by atoms with Crippen molar-refractivity contribution in [3.8, 4) is 23.0 Å². The van der Waals surface area contributed by atoms with E-state index in [9.17, 15) is 4.79 Å². The van der Waals surface area contributed by atoms with Crippen molar-refractivity contribution in [1.82, 2.24) is 0 Å². The van der Waals surface area contributed by atoms with Crippen LogP contribution in [-0.4, -0.2) is 20.0 Å². The number of carbonyl (C=O) groups excluding carboxylic acids is 1. The fraction of sp³-hybridized carbons (Fsp3) is 0.208. The van der Waals surface area contributed by atoms with Gasteiger partial charge in [-0.1, -0.05) is 60.7 Å². The fourth-order valence-corrected chi connectivity index (χ4v) is 2.99. The van der Waals surface area contributed by atoms with Gasteiger partial charge in [0.05, 0.1) is 14.2 Å². The molecule has 3 aromatic rings. The van der Waals surface area contributed by atoms with Crippen molar-refractivity contribution in [3.63, 3.8) is 0 Å². The van der Waals surface area contributed by atoms with Crippen LogP contribution in [0.15, 0.2) is 66.7 Å². The van der Waals surface area contributed by atoms with Gasteiger partial charge in [0.2, 0.25) is 5.75 Å². The SMILES string of the molecule is COc1cc(OCc2ccccc2)c(OC)c(OCc2ccccc2)c1C(C)=O. The van der Waals surface area contributed by atoms with E-state index in [1.165, 1.54) is 21.1 Å². The standard InChI is InChI=1S/C24H24O5/c1-17(25)22-20(26-2)14-21(28-15-18-10-6-4-7-11-18)23(27-3)24(22)29-16-19-12-8-5-9-13-19/h4-14H,15-16H2,1-3H3. The molecule has 0 bridgehead atoms. The van der Waals surface area contributed by atoms with Crippen LogP contribution in [0.2, 0.25) is 0 Å². The Morgan fingerprint density at radius 3 is 1.76 bits per heavy atom. The summed E-state index contributed by atoms with van der Waals surface area (Å²) in [4.78, 5) is 12.4. The number of ketones is 1. The molecule has 0 saturated heterocycles. The molecule has 3 aromatic carbocycles. The highest BCUT2D eigenvalue weighted by atomic mass is 16.5. The Morgan fingerprint density at radius 2 is 1.28 bits per heavy atom. The van der Waals surface area contributed by atoms with Crippen LogP contribution < -0.4 is 18.9 Å². The summed E-state index contributed by atoms with van der Waals surface area (Å²) < 4.78 is 23.1. The molecule has 0 radical (unpaired) electrons. The first-order valence-corrected chi connectivity index (χ1v) is 9.27. The number of rotatable bonds is 9. The minimum absolute atomic E-state index is 0.183. The molecule has 0 atom stereocenters. The maximum absolute atomic E-state index is 12.4. The van der Waals surface area contributed by atoms with E-state index in [0.29, 0.717) is 35.2 Å². The number of hydrogen-bond donors (Lipinski definition) is 0. The maximum atomic E-state index is 12.4. The van der Waals surface area contributed by atoms with Gasteiger partial charge in [-0.2, -0.15) is 0 Å². The van der Waals surface area contributed by atoms with Crippen LogP contribution in [0.3, 0.4) is 0 Å². The van der Waals surface area contributed by atoms with Gasteiger partial charge in [-0.3, -0.25) is 4.79 Å². The fourth-order valence-electron chi connectivity index (χ4n) is 2.99. The van der Waals surface area contributed by atoms with E-state index < -0.39 is 0 Å². The van der Waals surface area contributed by atoms with Crippen molar-refractivity contribution in [2.24, 2.45) is 0 Å². The zero-order valence-corrected chi connectivity index (χ0v) is 16.8. The van der Waals surface area contributed by atoms with Gasteiger partial charge in [-0.05, 0) is 18.1 Å². The van der Waals surface area contributed by atoms with Crippen LogP contribution in [0.5, 0.6) is 23.0 Å². The van der Waals surface area contributed by atoms with Crippen molar-refractivity contribution in [1.29, 1.82) is 0 Å². The second kappa shape index (κ2) is 9.64. The highest BCUT2D eigenvalue weighted by Gasteiger charge is 2.25. The Kier molecular flexibility index (Phi) is 6.74. The lowest BCUT2D eigenvalue weighted by molar-refractivity contribution is 0.100. The number of benzene rings is 3. The molecular formula is C24H24O5. The number of methoxy groups -OCH3 is 2. The van der Waals surface area contributed by atoms with E-state index in [4.69, 9.17) is 18.9 Å². The van der Waals surface area contributed by atoms with Gasteiger partial charge in [0.25, 0.3) is 0 Å². The van der Waals surface area contributed by atoms with E-state index in [-0.39, 0.29) is 12.4 Å². The zero-order valence-electron chi connectivity index (χ0n) is 16.8. The number of hydrogen-bond acceptors (Lipinski definition) is 5. The number of carbonyl (C=O) groups is 1. The smallest absolute Gasteiger partial charge is 0.204 e. The van der Waals surface area contributed by atoms with Crippen LogP contribution in [0.4, 0.5) is 0 Å². The highest BCUT2D eigenvalue weighted by molar-refractivity contribution is 6.01. The molecule has 0 aliphatic heterocycles. The lowest BCUT2D eigenvalue weighted by Gasteiger charge is -2.20. The second-order valence-corrected chi connectivity index (χ2v) is 6.42. The topological polar surface area (TPSA) is 54.0 Å². The van der Waals surface area contributed by atoms with Gasteiger partial charge >= 0.3 is 0 Å². The second-order valence-electron chi connectivity index (χ2n) is 6.42. The minimum atomic E-state index is -0.183. The summed E-state index contributed by atoms with van der Waals surface area (Å²) in [6, 6.07) is 21.2. The molecule has 0 aromatic heterocycles. The Labute approximate surface area is 170 Å². The molecule has 150 valence electrons. The minimum Gasteiger partial charge on any atom is -0.496 e. The van der Waals surface area contributed by atoms with Crippen molar-refractivity contribution >= 4 is 5.78 Å². The molecule has 0 unspecified atom stereocenters. The van der Waals surface area contributed by atoms with E-state index in [1.54, 1.807) is 6.07 Å². The summed E-state index contributed by atoms with van der Waals surface area (Å²) in [6.45, 7) is 2.10. The van der Waals surface area contributed by atoms with Crippen LogP contribution in [-0.2, 0) is 13.2 Å². The molecule has 5 heteroatoms. The lowest BCUT2D eigenvalue weighted by atomic mass is 10.1. The van der Waals surface area contributed by atoms with Crippen molar-refractivity contribution in [2.45, 2.75) is 20.1 Å². The molecule has 0 N–H and O–H groups in total. The first-order chi connectivity index (χ1) is 14.1. The average molecular weight is 392 g/mol. The predicted molar refractivity (Wildman–Crippen MR) is 111 cm³/mol. The first-order valence-electron chi connectivity index (χ1n) is 9.27. The van der Waals surface area contributed by atoms with Crippen molar-refractivity contribution in [2.75, 3.05) is 14.2 Å². The maximum Gasteiger partial charge on any atom is 0.204 e. The first kappa shape index (κ1) is 20.3.